The molecule has 29 heavy (non-hydrogen) atoms. The van der Waals surface area contributed by atoms with Crippen LogP contribution in [-0.4, -0.2) is 23.0 Å². The Bertz CT molecular complexity index is 875. The monoisotopic (exact) mass is 419 g/mol. The maximum absolute atomic E-state index is 13.1. The zero-order valence-electron chi connectivity index (χ0n) is 14.6. The number of amides is 1. The molecule has 2 rings (SSSR count). The lowest BCUT2D eigenvalue weighted by Crippen LogP contribution is -2.43. The SMILES string of the molecule is O=C(Cc1ccc(C(F)(F)F)cc1)N[C@@H](Cc1ccccc1C(F)(F)F)C(=O)O. The molecule has 0 radical (unpaired) electrons. The standard InChI is InChI=1S/C19H15F6NO3/c20-18(21,22)13-7-5-11(6-8-13)9-16(27)26-15(17(28)29)10-12-3-1-2-4-14(12)19(23,24)25/h1-8,15H,9-10H2,(H,26,27)(H,28,29)/t15-/m0/s1. The van der Waals surface area contributed by atoms with E-state index in [1.54, 1.807) is 0 Å². The van der Waals surface area contributed by atoms with E-state index in [0.717, 1.165) is 42.5 Å². The molecule has 0 spiro atoms. The number of rotatable bonds is 6. The summed E-state index contributed by atoms with van der Waals surface area (Å²) < 4.78 is 76.8. The van der Waals surface area contributed by atoms with E-state index in [9.17, 15) is 41.0 Å². The summed E-state index contributed by atoms with van der Waals surface area (Å²) in [6.07, 6.45) is -10.3. The van der Waals surface area contributed by atoms with Crippen LogP contribution in [0.3, 0.4) is 0 Å². The van der Waals surface area contributed by atoms with E-state index < -0.39 is 54.2 Å². The van der Waals surface area contributed by atoms with Crippen molar-refractivity contribution in [1.29, 1.82) is 0 Å². The van der Waals surface area contributed by atoms with Gasteiger partial charge in [-0.25, -0.2) is 4.79 Å². The molecule has 0 heterocycles. The highest BCUT2D eigenvalue weighted by Crippen LogP contribution is 2.32. The van der Waals surface area contributed by atoms with Gasteiger partial charge in [0.1, 0.15) is 6.04 Å². The molecular weight excluding hydrogens is 404 g/mol. The molecule has 2 aromatic rings. The van der Waals surface area contributed by atoms with Gasteiger partial charge in [-0.05, 0) is 29.3 Å². The normalized spacial score (nSPS) is 13.0. The summed E-state index contributed by atoms with van der Waals surface area (Å²) in [5.74, 6) is -2.38. The van der Waals surface area contributed by atoms with Crippen molar-refractivity contribution < 1.29 is 41.0 Å². The Morgan fingerprint density at radius 1 is 0.897 bits per heavy atom. The molecule has 1 atom stereocenters. The molecule has 10 heteroatoms. The van der Waals surface area contributed by atoms with Gasteiger partial charge in [-0.1, -0.05) is 30.3 Å². The predicted molar refractivity (Wildman–Crippen MR) is 89.9 cm³/mol. The average molecular weight is 419 g/mol. The lowest BCUT2D eigenvalue weighted by Gasteiger charge is -2.18. The van der Waals surface area contributed by atoms with Crippen LogP contribution < -0.4 is 5.32 Å². The van der Waals surface area contributed by atoms with Crippen LogP contribution in [0.2, 0.25) is 0 Å². The van der Waals surface area contributed by atoms with Crippen molar-refractivity contribution in [2.45, 2.75) is 31.2 Å². The highest BCUT2D eigenvalue weighted by molar-refractivity contribution is 5.85. The minimum Gasteiger partial charge on any atom is -0.480 e. The molecule has 1 amide bonds. The third-order valence-corrected chi connectivity index (χ3v) is 4.03. The second-order valence-corrected chi connectivity index (χ2v) is 6.19. The fourth-order valence-electron chi connectivity index (χ4n) is 2.64. The summed E-state index contributed by atoms with van der Waals surface area (Å²) in [5, 5.41) is 11.4. The Labute approximate surface area is 161 Å². The van der Waals surface area contributed by atoms with Gasteiger partial charge < -0.3 is 10.4 Å². The lowest BCUT2D eigenvalue weighted by molar-refractivity contribution is -0.142. The van der Waals surface area contributed by atoms with Crippen LogP contribution in [0.4, 0.5) is 26.3 Å². The number of hydrogen-bond acceptors (Lipinski definition) is 2. The van der Waals surface area contributed by atoms with Crippen LogP contribution in [0.1, 0.15) is 22.3 Å². The minimum atomic E-state index is -4.69. The van der Waals surface area contributed by atoms with Crippen molar-refractivity contribution in [2.75, 3.05) is 0 Å². The Hall–Kier alpha value is -3.04. The lowest BCUT2D eigenvalue weighted by atomic mass is 9.99. The molecule has 0 bridgehead atoms. The van der Waals surface area contributed by atoms with Gasteiger partial charge in [0.25, 0.3) is 0 Å². The Kier molecular flexibility index (Phi) is 6.55. The first-order valence-corrected chi connectivity index (χ1v) is 8.21. The summed E-state index contributed by atoms with van der Waals surface area (Å²) in [7, 11) is 0. The van der Waals surface area contributed by atoms with Gasteiger partial charge in [-0.3, -0.25) is 4.79 Å². The molecule has 2 aromatic carbocycles. The van der Waals surface area contributed by atoms with E-state index in [-0.39, 0.29) is 11.1 Å². The quantitative estimate of drug-likeness (QED) is 0.694. The Morgan fingerprint density at radius 3 is 2.00 bits per heavy atom. The van der Waals surface area contributed by atoms with Crippen molar-refractivity contribution >= 4 is 11.9 Å². The second kappa shape index (κ2) is 8.54. The molecule has 2 N–H and O–H groups in total. The fraction of sp³-hybridized carbons (Fsp3) is 0.263. The van der Waals surface area contributed by atoms with E-state index in [2.05, 4.69) is 5.32 Å². The van der Waals surface area contributed by atoms with E-state index in [1.807, 2.05) is 0 Å². The average Bonchev–Trinajstić information content (AvgIpc) is 2.60. The summed E-state index contributed by atoms with van der Waals surface area (Å²) >= 11 is 0. The van der Waals surface area contributed by atoms with Crippen LogP contribution in [-0.2, 0) is 34.8 Å². The summed E-state index contributed by atoms with van der Waals surface area (Å²) in [6.45, 7) is 0. The van der Waals surface area contributed by atoms with Crippen LogP contribution >= 0.6 is 0 Å². The third-order valence-electron chi connectivity index (χ3n) is 4.03. The van der Waals surface area contributed by atoms with Gasteiger partial charge in [0.15, 0.2) is 0 Å². The topological polar surface area (TPSA) is 66.4 Å². The van der Waals surface area contributed by atoms with Crippen molar-refractivity contribution in [3.8, 4) is 0 Å². The molecule has 4 nitrogen and oxygen atoms in total. The number of carbonyl (C=O) groups is 2. The molecule has 0 aromatic heterocycles. The molecule has 0 saturated carbocycles. The van der Waals surface area contributed by atoms with Crippen LogP contribution in [0.5, 0.6) is 0 Å². The fourth-order valence-corrected chi connectivity index (χ4v) is 2.64. The molecule has 0 saturated heterocycles. The maximum Gasteiger partial charge on any atom is 0.416 e. The maximum atomic E-state index is 13.1. The predicted octanol–water partition coefficient (Wildman–Crippen LogP) is 4.08. The number of carboxylic acids is 1. The first-order valence-electron chi connectivity index (χ1n) is 8.21. The first kappa shape index (κ1) is 22.3. The highest BCUT2D eigenvalue weighted by Gasteiger charge is 2.34. The zero-order valence-corrected chi connectivity index (χ0v) is 14.6. The summed E-state index contributed by atoms with van der Waals surface area (Å²) in [6, 6.07) is 6.43. The van der Waals surface area contributed by atoms with Gasteiger partial charge in [0.2, 0.25) is 5.91 Å². The van der Waals surface area contributed by atoms with Crippen LogP contribution in [0.15, 0.2) is 48.5 Å². The third kappa shape index (κ3) is 6.23. The number of aliphatic carboxylic acids is 1. The first-order chi connectivity index (χ1) is 13.4. The van der Waals surface area contributed by atoms with Crippen molar-refractivity contribution in [3.63, 3.8) is 0 Å². The van der Waals surface area contributed by atoms with Crippen molar-refractivity contribution in [3.05, 3.63) is 70.8 Å². The minimum absolute atomic E-state index is 0.190. The number of carboxylic acid groups (broad SMARTS) is 1. The number of nitrogens with one attached hydrogen (secondary N) is 1. The number of benzene rings is 2. The molecule has 156 valence electrons. The molecule has 0 aliphatic rings. The molecule has 0 aliphatic carbocycles. The van der Waals surface area contributed by atoms with Gasteiger partial charge in [0, 0.05) is 6.42 Å². The highest BCUT2D eigenvalue weighted by atomic mass is 19.4. The molecule has 0 unspecified atom stereocenters. The smallest absolute Gasteiger partial charge is 0.416 e. The number of alkyl halides is 6. The van der Waals surface area contributed by atoms with Crippen molar-refractivity contribution in [1.82, 2.24) is 5.32 Å². The molecule has 0 fully saturated rings. The summed E-state index contributed by atoms with van der Waals surface area (Å²) in [5.41, 5.74) is -2.03. The van der Waals surface area contributed by atoms with E-state index in [4.69, 9.17) is 0 Å². The second-order valence-electron chi connectivity index (χ2n) is 6.19. The van der Waals surface area contributed by atoms with E-state index in [1.165, 1.54) is 6.07 Å². The Balaban J connectivity index is 2.10. The number of halogens is 6. The van der Waals surface area contributed by atoms with Gasteiger partial charge in [-0.15, -0.1) is 0 Å². The molecular formula is C19H15F6NO3. The van der Waals surface area contributed by atoms with E-state index >= 15 is 0 Å². The van der Waals surface area contributed by atoms with E-state index in [0.29, 0.717) is 0 Å². The van der Waals surface area contributed by atoms with Gasteiger partial charge in [-0.2, -0.15) is 26.3 Å². The van der Waals surface area contributed by atoms with Crippen molar-refractivity contribution in [2.24, 2.45) is 0 Å². The summed E-state index contributed by atoms with van der Waals surface area (Å²) in [4.78, 5) is 23.4. The number of hydrogen-bond donors (Lipinski definition) is 2. The largest absolute Gasteiger partial charge is 0.480 e. The van der Waals surface area contributed by atoms with Crippen LogP contribution in [0.25, 0.3) is 0 Å². The Morgan fingerprint density at radius 2 is 1.48 bits per heavy atom. The molecule has 0 aliphatic heterocycles. The number of carbonyl (C=O) groups excluding carboxylic acids is 1. The van der Waals surface area contributed by atoms with Gasteiger partial charge in [0.05, 0.1) is 17.5 Å². The zero-order chi connectivity index (χ0) is 21.8. The van der Waals surface area contributed by atoms with Crippen LogP contribution in [0, 0.1) is 0 Å². The van der Waals surface area contributed by atoms with Gasteiger partial charge >= 0.3 is 18.3 Å².